The Morgan fingerprint density at radius 1 is 1.28 bits per heavy atom. The van der Waals surface area contributed by atoms with Crippen molar-refractivity contribution in [2.75, 3.05) is 29.2 Å². The fourth-order valence-electron chi connectivity index (χ4n) is 2.27. The second-order valence-electron chi connectivity index (χ2n) is 4.58. The number of thioether (sulfide) groups is 1. The second-order valence-corrected chi connectivity index (χ2v) is 5.81. The largest absolute Gasteiger partial charge is 0.373 e. The molecule has 2 rings (SSSR count). The van der Waals surface area contributed by atoms with Gasteiger partial charge in [-0.05, 0) is 30.8 Å². The molecule has 1 saturated heterocycles. The van der Waals surface area contributed by atoms with E-state index in [1.807, 2.05) is 18.8 Å². The minimum absolute atomic E-state index is 0.571. The number of nitrogens with zero attached hydrogens (tertiary/aromatic N) is 2. The molecule has 1 aliphatic heterocycles. The van der Waals surface area contributed by atoms with Crippen LogP contribution in [0.25, 0.3) is 0 Å². The van der Waals surface area contributed by atoms with Crippen molar-refractivity contribution in [3.63, 3.8) is 0 Å². The van der Waals surface area contributed by atoms with E-state index in [0.29, 0.717) is 6.04 Å². The summed E-state index contributed by atoms with van der Waals surface area (Å²) in [5.74, 6) is 4.49. The molecule has 100 valence electrons. The molecule has 1 aromatic rings. The molecule has 5 heteroatoms. The van der Waals surface area contributed by atoms with Crippen LogP contribution in [-0.2, 0) is 6.42 Å². The summed E-state index contributed by atoms with van der Waals surface area (Å²) in [5, 5.41) is 6.77. The van der Waals surface area contributed by atoms with Crippen molar-refractivity contribution in [1.29, 1.82) is 0 Å². The standard InChI is InChI=1S/C13H22N4S/c1-3-4-11-12(14-2)15-9-16-13(11)17-10-5-7-18-8-6-10/h9-10H,3-8H2,1-2H3,(H2,14,15,16,17). The fraction of sp³-hybridized carbons (Fsp3) is 0.692. The molecular weight excluding hydrogens is 244 g/mol. The monoisotopic (exact) mass is 266 g/mol. The number of nitrogens with one attached hydrogen (secondary N) is 2. The molecule has 1 aliphatic rings. The second kappa shape index (κ2) is 6.83. The highest BCUT2D eigenvalue weighted by molar-refractivity contribution is 7.99. The van der Waals surface area contributed by atoms with E-state index < -0.39 is 0 Å². The molecule has 0 atom stereocenters. The number of rotatable bonds is 5. The van der Waals surface area contributed by atoms with E-state index in [4.69, 9.17) is 0 Å². The predicted molar refractivity (Wildman–Crippen MR) is 79.5 cm³/mol. The molecule has 0 spiro atoms. The van der Waals surface area contributed by atoms with E-state index in [-0.39, 0.29) is 0 Å². The van der Waals surface area contributed by atoms with Crippen molar-refractivity contribution in [3.05, 3.63) is 11.9 Å². The number of hydrogen-bond donors (Lipinski definition) is 2. The molecule has 1 fully saturated rings. The maximum absolute atomic E-state index is 4.43. The average Bonchev–Trinajstić information content (AvgIpc) is 2.42. The first-order valence-corrected chi connectivity index (χ1v) is 7.86. The molecule has 4 nitrogen and oxygen atoms in total. The smallest absolute Gasteiger partial charge is 0.134 e. The van der Waals surface area contributed by atoms with Crippen molar-refractivity contribution in [2.45, 2.75) is 38.6 Å². The molecule has 0 saturated carbocycles. The Bertz CT molecular complexity index is 377. The third kappa shape index (κ3) is 3.28. The lowest BCUT2D eigenvalue weighted by Gasteiger charge is -2.24. The quantitative estimate of drug-likeness (QED) is 0.858. The number of aromatic nitrogens is 2. The summed E-state index contributed by atoms with van der Waals surface area (Å²) in [6, 6.07) is 0.571. The predicted octanol–water partition coefficient (Wildman–Crippen LogP) is 2.78. The van der Waals surface area contributed by atoms with Crippen LogP contribution < -0.4 is 10.6 Å². The lowest BCUT2D eigenvalue weighted by atomic mass is 10.1. The summed E-state index contributed by atoms with van der Waals surface area (Å²) >= 11 is 2.05. The van der Waals surface area contributed by atoms with E-state index >= 15 is 0 Å². The first-order chi connectivity index (χ1) is 8.85. The zero-order chi connectivity index (χ0) is 12.8. The van der Waals surface area contributed by atoms with Crippen LogP contribution in [0.15, 0.2) is 6.33 Å². The van der Waals surface area contributed by atoms with Gasteiger partial charge in [-0.1, -0.05) is 13.3 Å². The van der Waals surface area contributed by atoms with Gasteiger partial charge in [-0.3, -0.25) is 0 Å². The van der Waals surface area contributed by atoms with Crippen LogP contribution in [0.5, 0.6) is 0 Å². The van der Waals surface area contributed by atoms with E-state index in [0.717, 1.165) is 24.5 Å². The normalized spacial score (nSPS) is 16.6. The summed E-state index contributed by atoms with van der Waals surface area (Å²) < 4.78 is 0. The first kappa shape index (κ1) is 13.5. The summed E-state index contributed by atoms with van der Waals surface area (Å²) in [5.41, 5.74) is 1.22. The SMILES string of the molecule is CCCc1c(NC)ncnc1NC1CCSCC1. The molecule has 2 heterocycles. The van der Waals surface area contributed by atoms with Crippen molar-refractivity contribution >= 4 is 23.4 Å². The molecule has 0 aliphatic carbocycles. The van der Waals surface area contributed by atoms with Gasteiger partial charge in [0.1, 0.15) is 18.0 Å². The van der Waals surface area contributed by atoms with E-state index in [1.165, 1.54) is 29.9 Å². The fourth-order valence-corrected chi connectivity index (χ4v) is 3.38. The Balaban J connectivity index is 2.14. The van der Waals surface area contributed by atoms with Gasteiger partial charge in [0, 0.05) is 18.7 Å². The molecule has 0 radical (unpaired) electrons. The van der Waals surface area contributed by atoms with Gasteiger partial charge >= 0.3 is 0 Å². The van der Waals surface area contributed by atoms with E-state index in [1.54, 1.807) is 6.33 Å². The van der Waals surface area contributed by atoms with Crippen molar-refractivity contribution in [2.24, 2.45) is 0 Å². The highest BCUT2D eigenvalue weighted by Gasteiger charge is 2.17. The van der Waals surface area contributed by atoms with Gasteiger partial charge in [0.15, 0.2) is 0 Å². The number of anilines is 2. The average molecular weight is 266 g/mol. The first-order valence-electron chi connectivity index (χ1n) is 6.71. The van der Waals surface area contributed by atoms with Crippen molar-refractivity contribution < 1.29 is 0 Å². The van der Waals surface area contributed by atoms with Gasteiger partial charge in [0.2, 0.25) is 0 Å². The molecule has 2 N–H and O–H groups in total. The molecule has 0 bridgehead atoms. The van der Waals surface area contributed by atoms with Gasteiger partial charge in [-0.25, -0.2) is 9.97 Å². The number of hydrogen-bond acceptors (Lipinski definition) is 5. The Kier molecular flexibility index (Phi) is 5.11. The minimum Gasteiger partial charge on any atom is -0.373 e. The molecule has 1 aromatic heterocycles. The zero-order valence-electron chi connectivity index (χ0n) is 11.2. The highest BCUT2D eigenvalue weighted by Crippen LogP contribution is 2.25. The van der Waals surface area contributed by atoms with Crippen molar-refractivity contribution in [3.8, 4) is 0 Å². The van der Waals surface area contributed by atoms with Crippen LogP contribution in [0, 0.1) is 0 Å². The third-order valence-corrected chi connectivity index (χ3v) is 4.29. The van der Waals surface area contributed by atoms with Gasteiger partial charge < -0.3 is 10.6 Å². The molecule has 18 heavy (non-hydrogen) atoms. The minimum atomic E-state index is 0.571. The van der Waals surface area contributed by atoms with Gasteiger partial charge in [-0.2, -0.15) is 11.8 Å². The van der Waals surface area contributed by atoms with Crippen LogP contribution in [0.3, 0.4) is 0 Å². The molecular formula is C13H22N4S. The maximum atomic E-state index is 4.43. The van der Waals surface area contributed by atoms with Crippen LogP contribution >= 0.6 is 11.8 Å². The molecule has 0 aromatic carbocycles. The summed E-state index contributed by atoms with van der Waals surface area (Å²) in [6.45, 7) is 2.19. The van der Waals surface area contributed by atoms with Crippen LogP contribution in [0.4, 0.5) is 11.6 Å². The molecule has 0 unspecified atom stereocenters. The van der Waals surface area contributed by atoms with E-state index in [2.05, 4.69) is 27.5 Å². The lowest BCUT2D eigenvalue weighted by Crippen LogP contribution is -2.26. The lowest BCUT2D eigenvalue weighted by molar-refractivity contribution is 0.661. The van der Waals surface area contributed by atoms with Crippen LogP contribution in [0.1, 0.15) is 31.7 Å². The van der Waals surface area contributed by atoms with Gasteiger partial charge in [-0.15, -0.1) is 0 Å². The Labute approximate surface area is 113 Å². The third-order valence-electron chi connectivity index (χ3n) is 3.24. The summed E-state index contributed by atoms with van der Waals surface area (Å²) in [6.07, 6.45) is 6.23. The summed E-state index contributed by atoms with van der Waals surface area (Å²) in [7, 11) is 1.92. The van der Waals surface area contributed by atoms with Crippen LogP contribution in [0.2, 0.25) is 0 Å². The zero-order valence-corrected chi connectivity index (χ0v) is 12.0. The Morgan fingerprint density at radius 3 is 2.67 bits per heavy atom. The van der Waals surface area contributed by atoms with E-state index in [9.17, 15) is 0 Å². The summed E-state index contributed by atoms with van der Waals surface area (Å²) in [4.78, 5) is 8.73. The van der Waals surface area contributed by atoms with Gasteiger partial charge in [0.05, 0.1) is 0 Å². The highest BCUT2D eigenvalue weighted by atomic mass is 32.2. The maximum Gasteiger partial charge on any atom is 0.134 e. The Hall–Kier alpha value is -0.970. The molecule has 0 amide bonds. The topological polar surface area (TPSA) is 49.8 Å². The van der Waals surface area contributed by atoms with Gasteiger partial charge in [0.25, 0.3) is 0 Å². The van der Waals surface area contributed by atoms with Crippen LogP contribution in [-0.4, -0.2) is 34.6 Å². The Morgan fingerprint density at radius 2 is 2.00 bits per heavy atom. The van der Waals surface area contributed by atoms with Crippen molar-refractivity contribution in [1.82, 2.24) is 9.97 Å².